The molecule has 1 N–H and O–H groups in total. The summed E-state index contributed by atoms with van der Waals surface area (Å²) in [6.07, 6.45) is 12.4. The fourth-order valence-electron chi connectivity index (χ4n) is 5.02. The quantitative estimate of drug-likeness (QED) is 0.803. The number of nitrogens with one attached hydrogen (secondary N) is 1. The van der Waals surface area contributed by atoms with Crippen LogP contribution in [0.2, 0.25) is 18.6 Å². The summed E-state index contributed by atoms with van der Waals surface area (Å²) in [4.78, 5) is 0. The lowest BCUT2D eigenvalue weighted by Gasteiger charge is -2.47. The van der Waals surface area contributed by atoms with Crippen molar-refractivity contribution in [1.82, 2.24) is 9.88 Å². The Balaban J connectivity index is 1.85. The Morgan fingerprint density at radius 1 is 1.15 bits per heavy atom. The number of allylic oxidation sites excluding steroid dienone is 4. The molecule has 0 aromatic carbocycles. The Morgan fingerprint density at radius 2 is 1.85 bits per heavy atom. The predicted octanol–water partition coefficient (Wildman–Crippen LogP) is 3.26. The molecule has 1 saturated heterocycles. The highest BCUT2D eigenvalue weighted by Gasteiger charge is 2.51. The van der Waals surface area contributed by atoms with Crippen LogP contribution in [0, 0.1) is 17.8 Å². The lowest BCUT2D eigenvalue weighted by atomic mass is 9.92. The molecule has 0 bridgehead atoms. The van der Waals surface area contributed by atoms with Gasteiger partial charge in [-0.2, -0.15) is 0 Å². The summed E-state index contributed by atoms with van der Waals surface area (Å²) in [7, 11) is -1.35. The van der Waals surface area contributed by atoms with Gasteiger partial charge in [0.1, 0.15) is 8.24 Å². The second-order valence-electron chi connectivity index (χ2n) is 7.33. The molecule has 112 valence electrons. The van der Waals surface area contributed by atoms with Gasteiger partial charge in [-0.3, -0.25) is 0 Å². The Kier molecular flexibility index (Phi) is 4.20. The first-order valence-corrected chi connectivity index (χ1v) is 11.5. The largest absolute Gasteiger partial charge is 0.321 e. The van der Waals surface area contributed by atoms with Gasteiger partial charge in [0.25, 0.3) is 0 Å². The molecule has 0 aromatic heterocycles. The molecule has 20 heavy (non-hydrogen) atoms. The lowest BCUT2D eigenvalue weighted by molar-refractivity contribution is 0.337. The number of nitrogens with zero attached hydrogens (tertiary/aromatic N) is 1. The normalized spacial score (nSPS) is 38.1. The van der Waals surface area contributed by atoms with Gasteiger partial charge < -0.3 is 9.88 Å². The SMILES string of the molecule is CCC1CC2C=CC=CC2C1[Si](C)(C)N1CCNCC1. The standard InChI is InChI=1S/C17H30N2Si/c1-4-14-13-15-7-5-6-8-16(15)17(14)20(2,3)19-11-9-18-10-12-19/h5-8,14-18H,4,9-13H2,1-3H3. The summed E-state index contributed by atoms with van der Waals surface area (Å²) < 4.78 is 2.88. The molecule has 1 saturated carbocycles. The summed E-state index contributed by atoms with van der Waals surface area (Å²) in [5.41, 5.74) is 0.941. The smallest absolute Gasteiger partial charge is 0.126 e. The van der Waals surface area contributed by atoms with Crippen LogP contribution in [0.15, 0.2) is 24.3 Å². The van der Waals surface area contributed by atoms with Crippen molar-refractivity contribution in [2.45, 2.75) is 38.4 Å². The van der Waals surface area contributed by atoms with Crippen molar-refractivity contribution >= 4 is 8.24 Å². The van der Waals surface area contributed by atoms with Crippen molar-refractivity contribution < 1.29 is 0 Å². The molecule has 0 radical (unpaired) electrons. The number of piperazine rings is 1. The van der Waals surface area contributed by atoms with Gasteiger partial charge >= 0.3 is 0 Å². The minimum Gasteiger partial charge on any atom is -0.321 e. The van der Waals surface area contributed by atoms with E-state index in [0.29, 0.717) is 0 Å². The molecule has 1 aliphatic heterocycles. The summed E-state index contributed by atoms with van der Waals surface area (Å²) in [5.74, 6) is 2.58. The third kappa shape index (κ3) is 2.44. The van der Waals surface area contributed by atoms with Gasteiger partial charge in [-0.1, -0.05) is 50.7 Å². The third-order valence-electron chi connectivity index (χ3n) is 6.07. The average molecular weight is 291 g/mol. The van der Waals surface area contributed by atoms with Crippen LogP contribution in [0.1, 0.15) is 19.8 Å². The zero-order valence-electron chi connectivity index (χ0n) is 13.3. The van der Waals surface area contributed by atoms with Crippen LogP contribution in [0.4, 0.5) is 0 Å². The molecule has 2 aliphatic carbocycles. The minimum absolute atomic E-state index is 0.821. The maximum atomic E-state index is 3.51. The van der Waals surface area contributed by atoms with Gasteiger partial charge in [-0.15, -0.1) is 0 Å². The topological polar surface area (TPSA) is 15.3 Å². The molecule has 4 atom stereocenters. The van der Waals surface area contributed by atoms with E-state index in [1.54, 1.807) is 0 Å². The second-order valence-corrected chi connectivity index (χ2v) is 11.9. The van der Waals surface area contributed by atoms with Crippen LogP contribution >= 0.6 is 0 Å². The predicted molar refractivity (Wildman–Crippen MR) is 89.3 cm³/mol. The van der Waals surface area contributed by atoms with Gasteiger partial charge in [0.15, 0.2) is 0 Å². The van der Waals surface area contributed by atoms with Gasteiger partial charge in [0, 0.05) is 26.2 Å². The van der Waals surface area contributed by atoms with Gasteiger partial charge in [0.05, 0.1) is 0 Å². The zero-order valence-corrected chi connectivity index (χ0v) is 14.3. The minimum atomic E-state index is -1.35. The summed E-state index contributed by atoms with van der Waals surface area (Å²) in [6.45, 7) is 12.6. The lowest BCUT2D eigenvalue weighted by Crippen LogP contribution is -2.60. The van der Waals surface area contributed by atoms with E-state index in [-0.39, 0.29) is 0 Å². The summed E-state index contributed by atoms with van der Waals surface area (Å²) >= 11 is 0. The van der Waals surface area contributed by atoms with E-state index in [0.717, 1.165) is 23.3 Å². The summed E-state index contributed by atoms with van der Waals surface area (Å²) in [6, 6.07) is 0. The molecule has 0 amide bonds. The van der Waals surface area contributed by atoms with Crippen LogP contribution in [-0.4, -0.2) is 39.0 Å². The van der Waals surface area contributed by atoms with E-state index in [9.17, 15) is 0 Å². The fourth-order valence-corrected chi connectivity index (χ4v) is 9.65. The van der Waals surface area contributed by atoms with E-state index < -0.39 is 8.24 Å². The monoisotopic (exact) mass is 290 g/mol. The zero-order chi connectivity index (χ0) is 14.2. The number of hydrogen-bond donors (Lipinski definition) is 1. The highest BCUT2D eigenvalue weighted by atomic mass is 28.3. The van der Waals surface area contributed by atoms with Crippen molar-refractivity contribution in [2.75, 3.05) is 26.2 Å². The number of hydrogen-bond acceptors (Lipinski definition) is 2. The van der Waals surface area contributed by atoms with E-state index in [2.05, 4.69) is 54.2 Å². The molecule has 4 unspecified atom stereocenters. The van der Waals surface area contributed by atoms with Crippen molar-refractivity contribution in [3.05, 3.63) is 24.3 Å². The molecule has 3 aliphatic rings. The Bertz CT molecular complexity index is 396. The maximum Gasteiger partial charge on any atom is 0.126 e. The van der Waals surface area contributed by atoms with Crippen LogP contribution in [0.25, 0.3) is 0 Å². The van der Waals surface area contributed by atoms with E-state index >= 15 is 0 Å². The number of rotatable bonds is 3. The van der Waals surface area contributed by atoms with E-state index in [1.165, 1.54) is 39.0 Å². The Morgan fingerprint density at radius 3 is 2.55 bits per heavy atom. The Labute approximate surface area is 125 Å². The van der Waals surface area contributed by atoms with Crippen molar-refractivity contribution in [3.8, 4) is 0 Å². The first-order chi connectivity index (χ1) is 9.64. The van der Waals surface area contributed by atoms with Crippen LogP contribution < -0.4 is 5.32 Å². The number of fused-ring (bicyclic) bond motifs is 1. The molecule has 0 aromatic rings. The first-order valence-electron chi connectivity index (χ1n) is 8.45. The Hall–Kier alpha value is -0.383. The van der Waals surface area contributed by atoms with Crippen molar-refractivity contribution in [3.63, 3.8) is 0 Å². The van der Waals surface area contributed by atoms with Gasteiger partial charge in [0.2, 0.25) is 0 Å². The third-order valence-corrected chi connectivity index (χ3v) is 10.6. The molecular weight excluding hydrogens is 260 g/mol. The highest BCUT2D eigenvalue weighted by Crippen LogP contribution is 2.54. The van der Waals surface area contributed by atoms with Gasteiger partial charge in [-0.25, -0.2) is 0 Å². The van der Waals surface area contributed by atoms with Crippen LogP contribution in [0.3, 0.4) is 0 Å². The first kappa shape index (κ1) is 14.5. The molecule has 2 fully saturated rings. The van der Waals surface area contributed by atoms with Gasteiger partial charge in [-0.05, 0) is 29.7 Å². The molecule has 2 nitrogen and oxygen atoms in total. The molecule has 1 heterocycles. The van der Waals surface area contributed by atoms with Crippen molar-refractivity contribution in [2.24, 2.45) is 17.8 Å². The average Bonchev–Trinajstić information content (AvgIpc) is 2.87. The maximum absolute atomic E-state index is 3.51. The fraction of sp³-hybridized carbons (Fsp3) is 0.765. The van der Waals surface area contributed by atoms with E-state index in [4.69, 9.17) is 0 Å². The molecule has 3 heteroatoms. The molecule has 0 spiro atoms. The molecular formula is C17H30N2Si. The van der Waals surface area contributed by atoms with E-state index in [1.807, 2.05) is 0 Å². The van der Waals surface area contributed by atoms with Crippen molar-refractivity contribution in [1.29, 1.82) is 0 Å². The van der Waals surface area contributed by atoms with Crippen LogP contribution in [-0.2, 0) is 0 Å². The summed E-state index contributed by atoms with van der Waals surface area (Å²) in [5, 5.41) is 3.51. The second kappa shape index (κ2) is 5.78. The highest BCUT2D eigenvalue weighted by molar-refractivity contribution is 6.76. The molecule has 3 rings (SSSR count). The van der Waals surface area contributed by atoms with Crippen LogP contribution in [0.5, 0.6) is 0 Å².